The fraction of sp³-hybridized carbons (Fsp3) is 0.438. The largest absolute Gasteiger partial charge is 0.481 e. The number of carbonyl (C=O) groups is 2. The summed E-state index contributed by atoms with van der Waals surface area (Å²) in [5, 5.41) is 23.2. The number of aliphatic carboxylic acids is 1. The van der Waals surface area contributed by atoms with Crippen LogP contribution >= 0.6 is 0 Å². The number of ether oxygens (including phenoxy) is 1. The molecule has 2 aromatic rings. The number of hydrogen-bond donors (Lipinski definition) is 2. The molecule has 3 rings (SSSR count). The maximum atomic E-state index is 12.2. The molecule has 9 heteroatoms. The molecule has 0 saturated carbocycles. The number of aromatic nitrogens is 4. The lowest BCUT2D eigenvalue weighted by molar-refractivity contribution is -0.154. The van der Waals surface area contributed by atoms with Crippen molar-refractivity contribution >= 4 is 11.9 Å². The quantitative estimate of drug-likeness (QED) is 0.767. The molecule has 2 heterocycles. The summed E-state index contributed by atoms with van der Waals surface area (Å²) in [6.07, 6.45) is 2.48. The first-order chi connectivity index (χ1) is 12.1. The van der Waals surface area contributed by atoms with Crippen molar-refractivity contribution < 1.29 is 19.4 Å². The molecule has 1 amide bonds. The standard InChI is InChI=1S/C16H19N5O4/c22-14(17-10-16(15(23)24)5-7-25-8-6-16)9-12-1-3-13(4-2-12)21-11-18-19-20-21/h1-4,11H,5-10H2,(H,17,22)(H,23,24). The molecular weight excluding hydrogens is 326 g/mol. The Labute approximate surface area is 144 Å². The minimum absolute atomic E-state index is 0.118. The van der Waals surface area contributed by atoms with E-state index in [1.807, 2.05) is 24.3 Å². The lowest BCUT2D eigenvalue weighted by Gasteiger charge is -2.33. The van der Waals surface area contributed by atoms with Crippen LogP contribution in [0.5, 0.6) is 0 Å². The van der Waals surface area contributed by atoms with Gasteiger partial charge in [0.05, 0.1) is 17.5 Å². The van der Waals surface area contributed by atoms with Crippen LogP contribution in [0.15, 0.2) is 30.6 Å². The van der Waals surface area contributed by atoms with Crippen LogP contribution in [0, 0.1) is 5.41 Å². The molecule has 25 heavy (non-hydrogen) atoms. The van der Waals surface area contributed by atoms with Crippen LogP contribution in [-0.2, 0) is 20.7 Å². The summed E-state index contributed by atoms with van der Waals surface area (Å²) >= 11 is 0. The minimum Gasteiger partial charge on any atom is -0.481 e. The monoisotopic (exact) mass is 345 g/mol. The molecule has 1 aromatic heterocycles. The molecule has 9 nitrogen and oxygen atoms in total. The van der Waals surface area contributed by atoms with Crippen molar-refractivity contribution in [3.8, 4) is 5.69 Å². The van der Waals surface area contributed by atoms with Gasteiger partial charge in [0.2, 0.25) is 5.91 Å². The molecule has 0 aliphatic carbocycles. The number of nitrogens with zero attached hydrogens (tertiary/aromatic N) is 4. The van der Waals surface area contributed by atoms with Gasteiger partial charge in [0.25, 0.3) is 0 Å². The Kier molecular flexibility index (Phi) is 5.03. The van der Waals surface area contributed by atoms with E-state index in [1.165, 1.54) is 11.0 Å². The summed E-state index contributed by atoms with van der Waals surface area (Å²) in [6, 6.07) is 7.27. The zero-order valence-electron chi connectivity index (χ0n) is 13.6. The van der Waals surface area contributed by atoms with Crippen LogP contribution < -0.4 is 5.32 Å². The van der Waals surface area contributed by atoms with E-state index < -0.39 is 11.4 Å². The summed E-state index contributed by atoms with van der Waals surface area (Å²) in [6.45, 7) is 0.925. The summed E-state index contributed by atoms with van der Waals surface area (Å²) in [5.74, 6) is -1.09. The number of carboxylic acids is 1. The number of hydrogen-bond acceptors (Lipinski definition) is 6. The third kappa shape index (κ3) is 4.00. The summed E-state index contributed by atoms with van der Waals surface area (Å²) < 4.78 is 6.75. The number of tetrazole rings is 1. The van der Waals surface area contributed by atoms with E-state index in [0.717, 1.165) is 11.3 Å². The predicted molar refractivity (Wildman–Crippen MR) is 86.0 cm³/mol. The van der Waals surface area contributed by atoms with Gasteiger partial charge >= 0.3 is 5.97 Å². The maximum absolute atomic E-state index is 12.2. The fourth-order valence-corrected chi connectivity index (χ4v) is 2.79. The molecule has 1 aliphatic heterocycles. The van der Waals surface area contributed by atoms with E-state index in [1.54, 1.807) is 0 Å². The van der Waals surface area contributed by atoms with Crippen molar-refractivity contribution in [3.05, 3.63) is 36.2 Å². The summed E-state index contributed by atoms with van der Waals surface area (Å²) in [5.41, 5.74) is 0.685. The van der Waals surface area contributed by atoms with E-state index in [-0.39, 0.29) is 18.9 Å². The SMILES string of the molecule is O=C(Cc1ccc(-n2cnnn2)cc1)NCC1(C(=O)O)CCOCC1. The van der Waals surface area contributed by atoms with Gasteiger partial charge < -0.3 is 15.2 Å². The van der Waals surface area contributed by atoms with Crippen molar-refractivity contribution in [3.63, 3.8) is 0 Å². The highest BCUT2D eigenvalue weighted by Gasteiger charge is 2.40. The van der Waals surface area contributed by atoms with Crippen LogP contribution in [0.3, 0.4) is 0 Å². The van der Waals surface area contributed by atoms with Crippen molar-refractivity contribution in [1.82, 2.24) is 25.5 Å². The Hall–Kier alpha value is -2.81. The van der Waals surface area contributed by atoms with Crippen LogP contribution in [0.4, 0.5) is 0 Å². The molecular formula is C16H19N5O4. The molecule has 0 unspecified atom stereocenters. The third-order valence-electron chi connectivity index (χ3n) is 4.44. The summed E-state index contributed by atoms with van der Waals surface area (Å²) in [4.78, 5) is 23.7. The van der Waals surface area contributed by atoms with Crippen molar-refractivity contribution in [2.24, 2.45) is 5.41 Å². The number of carbonyl (C=O) groups excluding carboxylic acids is 1. The Morgan fingerprint density at radius 2 is 1.96 bits per heavy atom. The molecule has 1 aromatic carbocycles. The van der Waals surface area contributed by atoms with E-state index in [9.17, 15) is 14.7 Å². The number of rotatable bonds is 6. The zero-order valence-corrected chi connectivity index (χ0v) is 13.6. The van der Waals surface area contributed by atoms with Crippen molar-refractivity contribution in [2.45, 2.75) is 19.3 Å². The Balaban J connectivity index is 1.56. The minimum atomic E-state index is -0.933. The van der Waals surface area contributed by atoms with E-state index >= 15 is 0 Å². The molecule has 2 N–H and O–H groups in total. The van der Waals surface area contributed by atoms with Gasteiger partial charge in [-0.25, -0.2) is 4.68 Å². The third-order valence-corrected chi connectivity index (χ3v) is 4.44. The first kappa shape index (κ1) is 17.0. The van der Waals surface area contributed by atoms with Crippen molar-refractivity contribution in [1.29, 1.82) is 0 Å². The Morgan fingerprint density at radius 3 is 2.56 bits per heavy atom. The number of amides is 1. The second kappa shape index (κ2) is 7.39. The van der Waals surface area contributed by atoms with Crippen LogP contribution in [0.25, 0.3) is 5.69 Å². The van der Waals surface area contributed by atoms with E-state index in [0.29, 0.717) is 26.1 Å². The lowest BCUT2D eigenvalue weighted by atomic mass is 9.80. The van der Waals surface area contributed by atoms with Crippen LogP contribution in [0.2, 0.25) is 0 Å². The average Bonchev–Trinajstić information content (AvgIpc) is 3.16. The van der Waals surface area contributed by atoms with Gasteiger partial charge in [0.1, 0.15) is 6.33 Å². The Bertz CT molecular complexity index is 723. The van der Waals surface area contributed by atoms with Crippen molar-refractivity contribution in [2.75, 3.05) is 19.8 Å². The molecule has 0 radical (unpaired) electrons. The second-order valence-corrected chi connectivity index (χ2v) is 6.07. The first-order valence-corrected chi connectivity index (χ1v) is 7.99. The van der Waals surface area contributed by atoms with E-state index in [2.05, 4.69) is 20.8 Å². The molecule has 1 aliphatic rings. The predicted octanol–water partition coefficient (Wildman–Crippen LogP) is 0.202. The molecule has 132 valence electrons. The number of nitrogens with one attached hydrogen (secondary N) is 1. The fourth-order valence-electron chi connectivity index (χ4n) is 2.79. The molecule has 1 saturated heterocycles. The zero-order chi connectivity index (χ0) is 17.7. The summed E-state index contributed by atoms with van der Waals surface area (Å²) in [7, 11) is 0. The van der Waals surface area contributed by atoms with E-state index in [4.69, 9.17) is 4.74 Å². The normalized spacial score (nSPS) is 16.3. The van der Waals surface area contributed by atoms with Crippen LogP contribution in [0.1, 0.15) is 18.4 Å². The lowest BCUT2D eigenvalue weighted by Crippen LogP contribution is -2.46. The molecule has 0 spiro atoms. The Morgan fingerprint density at radius 1 is 1.24 bits per heavy atom. The molecule has 0 atom stereocenters. The van der Waals surface area contributed by atoms with Gasteiger partial charge in [0, 0.05) is 19.8 Å². The highest BCUT2D eigenvalue weighted by atomic mass is 16.5. The topological polar surface area (TPSA) is 119 Å². The molecule has 1 fully saturated rings. The molecule has 0 bridgehead atoms. The van der Waals surface area contributed by atoms with Gasteiger partial charge in [0.15, 0.2) is 0 Å². The van der Waals surface area contributed by atoms with Gasteiger partial charge in [-0.15, -0.1) is 5.10 Å². The highest BCUT2D eigenvalue weighted by Crippen LogP contribution is 2.30. The smallest absolute Gasteiger partial charge is 0.311 e. The van der Waals surface area contributed by atoms with Gasteiger partial charge in [-0.05, 0) is 41.0 Å². The number of carboxylic acid groups (broad SMARTS) is 1. The first-order valence-electron chi connectivity index (χ1n) is 7.99. The second-order valence-electron chi connectivity index (χ2n) is 6.07. The maximum Gasteiger partial charge on any atom is 0.311 e. The van der Waals surface area contributed by atoms with Crippen LogP contribution in [-0.4, -0.2) is 56.9 Å². The van der Waals surface area contributed by atoms with Gasteiger partial charge in [-0.3, -0.25) is 9.59 Å². The van der Waals surface area contributed by atoms with Gasteiger partial charge in [-0.2, -0.15) is 0 Å². The van der Waals surface area contributed by atoms with Gasteiger partial charge in [-0.1, -0.05) is 12.1 Å². The highest BCUT2D eigenvalue weighted by molar-refractivity contribution is 5.80. The number of benzene rings is 1. The average molecular weight is 345 g/mol.